The summed E-state index contributed by atoms with van der Waals surface area (Å²) < 4.78 is 40.8. The molecule has 0 spiro atoms. The van der Waals surface area contributed by atoms with E-state index in [1.165, 1.54) is 12.1 Å². The zero-order valence-corrected chi connectivity index (χ0v) is 14.0. The molecule has 3 rings (SSSR count). The summed E-state index contributed by atoms with van der Waals surface area (Å²) >= 11 is 0. The monoisotopic (exact) mass is 379 g/mol. The van der Waals surface area contributed by atoms with Crippen LogP contribution in [-0.2, 0) is 4.79 Å². The quantitative estimate of drug-likeness (QED) is 0.803. The van der Waals surface area contributed by atoms with Gasteiger partial charge in [0.25, 0.3) is 5.91 Å². The number of halogens is 3. The molecular formula is C18H16F3N3O3. The Balaban J connectivity index is 1.59. The normalized spacial score (nSPS) is 13.7. The van der Waals surface area contributed by atoms with Gasteiger partial charge in [0, 0.05) is 29.6 Å². The Kier molecular flexibility index (Phi) is 5.29. The molecule has 1 aromatic carbocycles. The average Bonchev–Trinajstić information content (AvgIpc) is 3.45. The van der Waals surface area contributed by atoms with Crippen LogP contribution < -0.4 is 15.4 Å². The van der Waals surface area contributed by atoms with Crippen LogP contribution in [0.2, 0.25) is 0 Å². The lowest BCUT2D eigenvalue weighted by atomic mass is 10.2. The van der Waals surface area contributed by atoms with Crippen molar-refractivity contribution in [1.29, 1.82) is 0 Å². The molecule has 1 aliphatic rings. The van der Waals surface area contributed by atoms with Gasteiger partial charge in [0.2, 0.25) is 11.8 Å². The van der Waals surface area contributed by atoms with Crippen LogP contribution >= 0.6 is 0 Å². The lowest BCUT2D eigenvalue weighted by Crippen LogP contribution is -2.19. The van der Waals surface area contributed by atoms with Crippen LogP contribution in [0, 0.1) is 5.92 Å². The lowest BCUT2D eigenvalue weighted by Gasteiger charge is -2.10. The van der Waals surface area contributed by atoms with E-state index < -0.39 is 18.7 Å². The van der Waals surface area contributed by atoms with Crippen molar-refractivity contribution in [2.75, 3.05) is 17.2 Å². The highest BCUT2D eigenvalue weighted by Gasteiger charge is 2.29. The molecule has 2 amide bonds. The lowest BCUT2D eigenvalue weighted by molar-refractivity contribution is -0.154. The molecule has 142 valence electrons. The molecule has 1 heterocycles. The van der Waals surface area contributed by atoms with E-state index >= 15 is 0 Å². The van der Waals surface area contributed by atoms with Crippen molar-refractivity contribution < 1.29 is 27.5 Å². The Morgan fingerprint density at radius 1 is 1.11 bits per heavy atom. The van der Waals surface area contributed by atoms with Gasteiger partial charge >= 0.3 is 6.18 Å². The van der Waals surface area contributed by atoms with E-state index in [0.29, 0.717) is 11.4 Å². The van der Waals surface area contributed by atoms with Gasteiger partial charge in [-0.05, 0) is 37.1 Å². The number of pyridine rings is 1. The van der Waals surface area contributed by atoms with E-state index in [1.54, 1.807) is 24.3 Å². The van der Waals surface area contributed by atoms with Crippen molar-refractivity contribution in [3.63, 3.8) is 0 Å². The number of carbonyl (C=O) groups excluding carboxylic acids is 2. The summed E-state index contributed by atoms with van der Waals surface area (Å²) in [6, 6.07) is 9.17. The van der Waals surface area contributed by atoms with Crippen LogP contribution in [0.1, 0.15) is 23.2 Å². The van der Waals surface area contributed by atoms with Crippen molar-refractivity contribution in [3.05, 3.63) is 48.2 Å². The van der Waals surface area contributed by atoms with Gasteiger partial charge in [-0.15, -0.1) is 0 Å². The third-order valence-electron chi connectivity index (χ3n) is 3.72. The van der Waals surface area contributed by atoms with Crippen molar-refractivity contribution in [2.45, 2.75) is 19.0 Å². The fourth-order valence-corrected chi connectivity index (χ4v) is 2.22. The van der Waals surface area contributed by atoms with E-state index in [1.807, 2.05) is 0 Å². The van der Waals surface area contributed by atoms with Gasteiger partial charge in [-0.1, -0.05) is 6.07 Å². The second-order valence-corrected chi connectivity index (χ2v) is 6.09. The number of amides is 2. The first-order valence-electron chi connectivity index (χ1n) is 8.18. The molecular weight excluding hydrogens is 363 g/mol. The number of nitrogens with zero attached hydrogens (tertiary/aromatic N) is 1. The van der Waals surface area contributed by atoms with Gasteiger partial charge in [-0.3, -0.25) is 9.59 Å². The second kappa shape index (κ2) is 7.65. The fraction of sp³-hybridized carbons (Fsp3) is 0.278. The minimum Gasteiger partial charge on any atom is -0.468 e. The molecule has 2 aromatic rings. The molecule has 0 bridgehead atoms. The van der Waals surface area contributed by atoms with Gasteiger partial charge in [-0.2, -0.15) is 13.2 Å². The van der Waals surface area contributed by atoms with E-state index in [2.05, 4.69) is 20.4 Å². The Labute approximate surface area is 152 Å². The number of ether oxygens (including phenoxy) is 1. The number of anilines is 2. The summed E-state index contributed by atoms with van der Waals surface area (Å²) in [6.45, 7) is -1.45. The summed E-state index contributed by atoms with van der Waals surface area (Å²) in [5.74, 6) is -0.700. The van der Waals surface area contributed by atoms with Crippen LogP contribution in [-0.4, -0.2) is 29.6 Å². The number of carbonyl (C=O) groups is 2. The molecule has 6 nitrogen and oxygen atoms in total. The predicted molar refractivity (Wildman–Crippen MR) is 91.5 cm³/mol. The molecule has 1 aromatic heterocycles. The molecule has 27 heavy (non-hydrogen) atoms. The zero-order valence-electron chi connectivity index (χ0n) is 14.0. The maximum Gasteiger partial charge on any atom is 0.422 e. The Hall–Kier alpha value is -3.10. The van der Waals surface area contributed by atoms with E-state index in [9.17, 15) is 22.8 Å². The zero-order chi connectivity index (χ0) is 19.4. The topological polar surface area (TPSA) is 80.3 Å². The number of aromatic nitrogens is 1. The van der Waals surface area contributed by atoms with E-state index in [-0.39, 0.29) is 23.3 Å². The van der Waals surface area contributed by atoms with Crippen molar-refractivity contribution in [3.8, 4) is 5.88 Å². The number of rotatable bonds is 6. The third-order valence-corrected chi connectivity index (χ3v) is 3.72. The standard InChI is InChI=1S/C18H16F3N3O3/c19-18(20,21)10-27-15-7-6-12(9-22-15)17(26)24-14-3-1-2-13(8-14)23-16(25)11-4-5-11/h1-3,6-9,11H,4-5,10H2,(H,23,25)(H,24,26). The Bertz CT molecular complexity index is 834. The van der Waals surface area contributed by atoms with Gasteiger partial charge < -0.3 is 15.4 Å². The fourth-order valence-electron chi connectivity index (χ4n) is 2.22. The van der Waals surface area contributed by atoms with Gasteiger partial charge in [0.1, 0.15) is 0 Å². The summed E-state index contributed by atoms with van der Waals surface area (Å²) in [5, 5.41) is 5.42. The Morgan fingerprint density at radius 3 is 2.41 bits per heavy atom. The molecule has 0 unspecified atom stereocenters. The first-order valence-corrected chi connectivity index (χ1v) is 8.18. The summed E-state index contributed by atoms with van der Waals surface area (Å²) in [6.07, 6.45) is -1.56. The first-order chi connectivity index (χ1) is 12.8. The highest BCUT2D eigenvalue weighted by atomic mass is 19.4. The third kappa shape index (κ3) is 5.70. The smallest absolute Gasteiger partial charge is 0.422 e. The van der Waals surface area contributed by atoms with Gasteiger partial charge in [-0.25, -0.2) is 4.98 Å². The largest absolute Gasteiger partial charge is 0.468 e. The van der Waals surface area contributed by atoms with Crippen molar-refractivity contribution in [1.82, 2.24) is 4.98 Å². The number of alkyl halides is 3. The number of hydrogen-bond donors (Lipinski definition) is 2. The predicted octanol–water partition coefficient (Wildman–Crippen LogP) is 3.62. The summed E-state index contributed by atoms with van der Waals surface area (Å²) in [5.41, 5.74) is 1.19. The highest BCUT2D eigenvalue weighted by Crippen LogP contribution is 2.30. The molecule has 9 heteroatoms. The molecule has 0 atom stereocenters. The number of hydrogen-bond acceptors (Lipinski definition) is 4. The maximum absolute atomic E-state index is 12.2. The molecule has 0 saturated heterocycles. The van der Waals surface area contributed by atoms with E-state index in [4.69, 9.17) is 0 Å². The van der Waals surface area contributed by atoms with Crippen LogP contribution in [0.15, 0.2) is 42.6 Å². The maximum atomic E-state index is 12.2. The molecule has 1 saturated carbocycles. The molecule has 1 fully saturated rings. The minimum atomic E-state index is -4.46. The van der Waals surface area contributed by atoms with Crippen molar-refractivity contribution >= 4 is 23.2 Å². The summed E-state index contributed by atoms with van der Waals surface area (Å²) in [4.78, 5) is 27.7. The average molecular weight is 379 g/mol. The molecule has 1 aliphatic carbocycles. The summed E-state index contributed by atoms with van der Waals surface area (Å²) in [7, 11) is 0. The van der Waals surface area contributed by atoms with E-state index in [0.717, 1.165) is 19.0 Å². The highest BCUT2D eigenvalue weighted by molar-refractivity contribution is 6.04. The minimum absolute atomic E-state index is 0.0443. The molecule has 0 radical (unpaired) electrons. The second-order valence-electron chi connectivity index (χ2n) is 6.09. The van der Waals surface area contributed by atoms with Gasteiger partial charge in [0.05, 0.1) is 5.56 Å². The van der Waals surface area contributed by atoms with Crippen molar-refractivity contribution in [2.24, 2.45) is 5.92 Å². The number of nitrogens with one attached hydrogen (secondary N) is 2. The van der Waals surface area contributed by atoms with Gasteiger partial charge in [0.15, 0.2) is 6.61 Å². The Morgan fingerprint density at radius 2 is 1.81 bits per heavy atom. The SMILES string of the molecule is O=C(Nc1cccc(NC(=O)C2CC2)c1)c1ccc(OCC(F)(F)F)nc1. The first kappa shape index (κ1) is 18.7. The van der Waals surface area contributed by atoms with Crippen LogP contribution in [0.5, 0.6) is 5.88 Å². The number of benzene rings is 1. The molecule has 0 aliphatic heterocycles. The van der Waals surface area contributed by atoms with Crippen LogP contribution in [0.3, 0.4) is 0 Å². The molecule has 2 N–H and O–H groups in total. The van der Waals surface area contributed by atoms with Crippen LogP contribution in [0.25, 0.3) is 0 Å². The van der Waals surface area contributed by atoms with Crippen LogP contribution in [0.4, 0.5) is 24.5 Å².